The average Bonchev–Trinajstić information content (AvgIpc) is 3.36. The Hall–Kier alpha value is -3.76. The summed E-state index contributed by atoms with van der Waals surface area (Å²) in [6.45, 7) is 0.423. The number of nitrogens with one attached hydrogen (secondary N) is 1. The van der Waals surface area contributed by atoms with Gasteiger partial charge in [-0.2, -0.15) is 31.4 Å². The molecular formula is C21H22F6N8O3. The molecule has 0 saturated carbocycles. The maximum absolute atomic E-state index is 13.2. The fourth-order valence-corrected chi connectivity index (χ4v) is 4.57. The molecule has 2 aliphatic heterocycles. The Morgan fingerprint density at radius 2 is 1.79 bits per heavy atom. The monoisotopic (exact) mass is 548 g/mol. The minimum atomic E-state index is -4.94. The van der Waals surface area contributed by atoms with Gasteiger partial charge in [0, 0.05) is 31.7 Å². The van der Waals surface area contributed by atoms with E-state index < -0.39 is 40.8 Å². The lowest BCUT2D eigenvalue weighted by atomic mass is 9.98. The first kappa shape index (κ1) is 27.3. The molecule has 2 aromatic heterocycles. The Labute approximate surface area is 211 Å². The van der Waals surface area contributed by atoms with E-state index in [1.165, 1.54) is 0 Å². The van der Waals surface area contributed by atoms with Crippen molar-refractivity contribution in [2.75, 3.05) is 31.2 Å². The number of hydrogen-bond donors (Lipinski definition) is 2. The molecular weight excluding hydrogens is 526 g/mol. The molecule has 2 atom stereocenters. The van der Waals surface area contributed by atoms with E-state index in [1.54, 1.807) is 9.80 Å². The fourth-order valence-electron chi connectivity index (χ4n) is 4.57. The number of anilines is 1. The average molecular weight is 548 g/mol. The smallest absolute Gasteiger partial charge is 0.379 e. The predicted molar refractivity (Wildman–Crippen MR) is 117 cm³/mol. The van der Waals surface area contributed by atoms with Gasteiger partial charge in [-0.15, -0.1) is 0 Å². The lowest BCUT2D eigenvalue weighted by molar-refractivity contribution is -0.142. The summed E-state index contributed by atoms with van der Waals surface area (Å²) in [5.41, 5.74) is 1.30. The zero-order valence-electron chi connectivity index (χ0n) is 19.6. The molecule has 0 aliphatic carbocycles. The van der Waals surface area contributed by atoms with Gasteiger partial charge in [-0.1, -0.05) is 0 Å². The fraction of sp³-hybridized carbons (Fsp3) is 0.524. The Bertz CT molecular complexity index is 1210. The standard InChI is InChI=1S/C21H22F6N8O3/c22-20(23,24)11-8-30-19(31-9-11)34-10-14-12(34)1-3-33(14)15(36)2-5-38-6-4-35-13(7-28)16(18(29)37)17(32-35)21(25,26)27/h7-9,12,14,28H,1-6,10H2,(H2,29,37)/t12-,14-/m1/s1. The van der Waals surface area contributed by atoms with Crippen molar-refractivity contribution in [2.24, 2.45) is 5.73 Å². The van der Waals surface area contributed by atoms with Crippen LogP contribution >= 0.6 is 0 Å². The van der Waals surface area contributed by atoms with Gasteiger partial charge in [0.05, 0.1) is 55.1 Å². The Morgan fingerprint density at radius 1 is 1.11 bits per heavy atom. The number of hydrogen-bond acceptors (Lipinski definition) is 8. The SMILES string of the molecule is N=Cc1c(C(N)=O)c(C(F)(F)F)nn1CCOCCC(=O)N1CC[C@@H]2[C@H]1CN2c1ncc(C(F)(F)F)cn1. The van der Waals surface area contributed by atoms with Crippen LogP contribution in [0.15, 0.2) is 12.4 Å². The molecule has 11 nitrogen and oxygen atoms in total. The number of ether oxygens (including phenoxy) is 1. The van der Waals surface area contributed by atoms with Crippen LogP contribution in [0.2, 0.25) is 0 Å². The zero-order chi connectivity index (χ0) is 27.8. The van der Waals surface area contributed by atoms with Gasteiger partial charge in [0.2, 0.25) is 11.9 Å². The summed E-state index contributed by atoms with van der Waals surface area (Å²) in [7, 11) is 0. The van der Waals surface area contributed by atoms with Gasteiger partial charge in [-0.3, -0.25) is 14.3 Å². The zero-order valence-corrected chi connectivity index (χ0v) is 19.6. The van der Waals surface area contributed by atoms with Crippen LogP contribution in [-0.2, 0) is 28.4 Å². The number of halogens is 6. The van der Waals surface area contributed by atoms with Gasteiger partial charge in [0.1, 0.15) is 0 Å². The highest BCUT2D eigenvalue weighted by Crippen LogP contribution is 2.36. The summed E-state index contributed by atoms with van der Waals surface area (Å²) in [4.78, 5) is 35.1. The van der Waals surface area contributed by atoms with E-state index >= 15 is 0 Å². The molecule has 206 valence electrons. The third-order valence-corrected chi connectivity index (χ3v) is 6.39. The van der Waals surface area contributed by atoms with Crippen LogP contribution in [0.3, 0.4) is 0 Å². The molecule has 2 amide bonds. The van der Waals surface area contributed by atoms with Gasteiger partial charge in [-0.05, 0) is 6.42 Å². The molecule has 0 aromatic carbocycles. The van der Waals surface area contributed by atoms with Crippen molar-refractivity contribution in [3.05, 3.63) is 34.9 Å². The molecule has 2 saturated heterocycles. The van der Waals surface area contributed by atoms with Crippen LogP contribution in [-0.4, -0.2) is 81.1 Å². The number of primary amides is 1. The number of carbonyl (C=O) groups excluding carboxylic acids is 2. The number of carbonyl (C=O) groups is 2. The second-order valence-corrected chi connectivity index (χ2v) is 8.63. The molecule has 38 heavy (non-hydrogen) atoms. The lowest BCUT2D eigenvalue weighted by Gasteiger charge is -2.46. The van der Waals surface area contributed by atoms with Crippen molar-refractivity contribution >= 4 is 24.0 Å². The Morgan fingerprint density at radius 3 is 2.37 bits per heavy atom. The summed E-state index contributed by atoms with van der Waals surface area (Å²) >= 11 is 0. The van der Waals surface area contributed by atoms with E-state index in [4.69, 9.17) is 15.9 Å². The van der Waals surface area contributed by atoms with Crippen molar-refractivity contribution < 1.29 is 40.7 Å². The highest BCUT2D eigenvalue weighted by atomic mass is 19.4. The second-order valence-electron chi connectivity index (χ2n) is 8.63. The molecule has 2 aliphatic rings. The van der Waals surface area contributed by atoms with Crippen LogP contribution < -0.4 is 10.6 Å². The van der Waals surface area contributed by atoms with E-state index in [9.17, 15) is 35.9 Å². The summed E-state index contributed by atoms with van der Waals surface area (Å²) in [6, 6.07) is -0.251. The Kier molecular flexibility index (Phi) is 7.31. The largest absolute Gasteiger partial charge is 0.435 e. The maximum atomic E-state index is 13.2. The molecule has 2 fully saturated rings. The third-order valence-electron chi connectivity index (χ3n) is 6.39. The predicted octanol–water partition coefficient (Wildman–Crippen LogP) is 1.70. The van der Waals surface area contributed by atoms with Crippen LogP contribution in [0, 0.1) is 5.41 Å². The normalized spacial score (nSPS) is 19.3. The highest BCUT2D eigenvalue weighted by molar-refractivity contribution is 6.01. The number of fused-ring (bicyclic) bond motifs is 1. The van der Waals surface area contributed by atoms with Crippen molar-refractivity contribution in [1.29, 1.82) is 5.41 Å². The van der Waals surface area contributed by atoms with Gasteiger partial charge < -0.3 is 25.7 Å². The topological polar surface area (TPSA) is 143 Å². The summed E-state index contributed by atoms with van der Waals surface area (Å²) in [5.74, 6) is -1.41. The van der Waals surface area contributed by atoms with Crippen molar-refractivity contribution in [1.82, 2.24) is 24.6 Å². The van der Waals surface area contributed by atoms with Crippen LogP contribution in [0.25, 0.3) is 0 Å². The molecule has 17 heteroatoms. The van der Waals surface area contributed by atoms with Gasteiger partial charge >= 0.3 is 12.4 Å². The lowest BCUT2D eigenvalue weighted by Crippen LogP contribution is -2.63. The van der Waals surface area contributed by atoms with Crippen molar-refractivity contribution in [2.45, 2.75) is 43.8 Å². The van der Waals surface area contributed by atoms with Crippen LogP contribution in [0.4, 0.5) is 32.3 Å². The summed E-state index contributed by atoms with van der Waals surface area (Å²) in [5, 5.41) is 10.7. The van der Waals surface area contributed by atoms with Crippen molar-refractivity contribution in [3.63, 3.8) is 0 Å². The quantitative estimate of drug-likeness (QED) is 0.276. The number of likely N-dealkylation sites (tertiary alicyclic amines) is 1. The minimum Gasteiger partial charge on any atom is -0.379 e. The minimum absolute atomic E-state index is 0.00310. The molecule has 2 aromatic rings. The molecule has 3 N–H and O–H groups in total. The first-order chi connectivity index (χ1) is 17.8. The molecule has 4 heterocycles. The molecule has 0 spiro atoms. The first-order valence-corrected chi connectivity index (χ1v) is 11.3. The number of alkyl halides is 6. The molecule has 4 rings (SSSR count). The van der Waals surface area contributed by atoms with Crippen LogP contribution in [0.1, 0.15) is 40.2 Å². The van der Waals surface area contributed by atoms with E-state index in [2.05, 4.69) is 15.1 Å². The van der Waals surface area contributed by atoms with Crippen LogP contribution in [0.5, 0.6) is 0 Å². The second kappa shape index (κ2) is 10.2. The van der Waals surface area contributed by atoms with E-state index in [0.717, 1.165) is 17.1 Å². The third kappa shape index (κ3) is 5.27. The summed E-state index contributed by atoms with van der Waals surface area (Å²) in [6.07, 6.45) is -6.89. The number of aromatic nitrogens is 4. The number of nitrogens with two attached hydrogens (primary N) is 1. The van der Waals surface area contributed by atoms with E-state index in [-0.39, 0.29) is 50.1 Å². The van der Waals surface area contributed by atoms with Crippen molar-refractivity contribution in [3.8, 4) is 0 Å². The molecule has 0 radical (unpaired) electrons. The number of amides is 2. The highest BCUT2D eigenvalue weighted by Gasteiger charge is 2.49. The Balaban J connectivity index is 1.25. The van der Waals surface area contributed by atoms with Gasteiger partial charge in [0.15, 0.2) is 5.69 Å². The number of rotatable bonds is 9. The summed E-state index contributed by atoms with van der Waals surface area (Å²) < 4.78 is 83.8. The maximum Gasteiger partial charge on any atom is 0.435 e. The van der Waals surface area contributed by atoms with Gasteiger partial charge in [-0.25, -0.2) is 9.97 Å². The molecule has 0 unspecified atom stereocenters. The number of nitrogens with zero attached hydrogens (tertiary/aromatic N) is 6. The van der Waals surface area contributed by atoms with Gasteiger partial charge in [0.25, 0.3) is 5.91 Å². The first-order valence-electron chi connectivity index (χ1n) is 11.3. The molecule has 0 bridgehead atoms. The van der Waals surface area contributed by atoms with E-state index in [1.807, 2.05) is 0 Å². The van der Waals surface area contributed by atoms with E-state index in [0.29, 0.717) is 25.7 Å².